The molecule has 4 aliphatic carbocycles. The molecule has 0 saturated heterocycles. The Kier molecular flexibility index (Phi) is 2.93. The maximum absolute atomic E-state index is 13.2. The number of hydrogen-bond acceptors (Lipinski definition) is 4. The monoisotopic (exact) mass is 309 g/mol. The Hall–Kier alpha value is -0.760. The van der Waals surface area contributed by atoms with Gasteiger partial charge in [0.2, 0.25) is 0 Å². The summed E-state index contributed by atoms with van der Waals surface area (Å²) in [6.07, 6.45) is 4.40. The van der Waals surface area contributed by atoms with Gasteiger partial charge < -0.3 is 4.74 Å². The zero-order valence-electron chi connectivity index (χ0n) is 10.8. The second kappa shape index (κ2) is 4.13. The highest BCUT2D eigenvalue weighted by molar-refractivity contribution is 7.90. The van der Waals surface area contributed by atoms with Gasteiger partial charge in [0.1, 0.15) is 0 Å². The molecule has 0 heterocycles. The van der Waals surface area contributed by atoms with Crippen molar-refractivity contribution in [2.24, 2.45) is 28.3 Å². The maximum Gasteiger partial charge on any atom is 0.391 e. The summed E-state index contributed by atoms with van der Waals surface area (Å²) in [5.41, 5.74) is -0.651. The highest BCUT2D eigenvalue weighted by Crippen LogP contribution is 2.65. The Bertz CT molecular complexity index is 534. The van der Waals surface area contributed by atoms with Gasteiger partial charge in [-0.3, -0.25) is 4.79 Å². The average molecular weight is 309 g/mol. The zero-order valence-corrected chi connectivity index (χ0v) is 11.7. The summed E-state index contributed by atoms with van der Waals surface area (Å²) in [6, 6.07) is 0. The van der Waals surface area contributed by atoms with Crippen LogP contribution in [-0.4, -0.2) is 26.2 Å². The van der Waals surface area contributed by atoms with E-state index in [0.29, 0.717) is 24.7 Å². The summed E-state index contributed by atoms with van der Waals surface area (Å²) < 4.78 is 52.5. The van der Waals surface area contributed by atoms with E-state index < -0.39 is 33.3 Å². The molecule has 4 saturated carbocycles. The molecule has 2 unspecified atom stereocenters. The minimum absolute atomic E-state index is 0.210. The van der Waals surface area contributed by atoms with E-state index in [2.05, 4.69) is 9.88 Å². The summed E-state index contributed by atoms with van der Waals surface area (Å²) in [5, 5.41) is 0.191. The summed E-state index contributed by atoms with van der Waals surface area (Å²) in [7, 11) is -5.06. The second-order valence-electron chi connectivity index (χ2n) is 6.46. The van der Waals surface area contributed by atoms with Crippen LogP contribution >= 0.6 is 0 Å². The van der Waals surface area contributed by atoms with E-state index in [9.17, 15) is 22.0 Å². The van der Waals surface area contributed by atoms with E-state index in [-0.39, 0.29) is 5.92 Å². The van der Waals surface area contributed by atoms with Gasteiger partial charge in [-0.15, -0.1) is 0 Å². The standard InChI is InChI=1S/C12H17F2NO4S/c13-12(14,20(15,17)18)6-19-10(16)11-4-7-1-8(5-11)3-9(11)2-7/h7-9H,1-6H2,(H2,15,17,18). The number of halogens is 2. The SMILES string of the molecule is NS(=O)(=O)C(F)(F)COC(=O)C12CC3CC(CC1C3)C2. The fourth-order valence-electron chi connectivity index (χ4n) is 4.51. The molecule has 0 aromatic carbocycles. The van der Waals surface area contributed by atoms with Gasteiger partial charge in [0.05, 0.1) is 5.41 Å². The van der Waals surface area contributed by atoms with Crippen molar-refractivity contribution in [3.8, 4) is 0 Å². The number of carbonyl (C=O) groups is 1. The first-order chi connectivity index (χ1) is 9.14. The van der Waals surface area contributed by atoms with Crippen molar-refractivity contribution < 1.29 is 26.7 Å². The van der Waals surface area contributed by atoms with Crippen molar-refractivity contribution in [1.29, 1.82) is 0 Å². The molecule has 4 rings (SSSR count). The van der Waals surface area contributed by atoms with Crippen LogP contribution in [0, 0.1) is 23.2 Å². The van der Waals surface area contributed by atoms with Crippen LogP contribution in [0.1, 0.15) is 32.1 Å². The molecule has 20 heavy (non-hydrogen) atoms. The molecule has 2 N–H and O–H groups in total. The predicted molar refractivity (Wildman–Crippen MR) is 65.0 cm³/mol. The lowest BCUT2D eigenvalue weighted by Gasteiger charge is -2.30. The van der Waals surface area contributed by atoms with Crippen molar-refractivity contribution in [1.82, 2.24) is 0 Å². The largest absolute Gasteiger partial charge is 0.458 e. The lowest BCUT2D eigenvalue weighted by Crippen LogP contribution is -2.42. The predicted octanol–water partition coefficient (Wildman–Crippen LogP) is 1.24. The molecule has 8 heteroatoms. The third-order valence-corrected chi connectivity index (χ3v) is 6.13. The van der Waals surface area contributed by atoms with Crippen molar-refractivity contribution >= 4 is 16.0 Å². The number of nitrogens with two attached hydrogens (primary N) is 1. The first-order valence-electron chi connectivity index (χ1n) is 6.71. The van der Waals surface area contributed by atoms with E-state index in [1.165, 1.54) is 0 Å². The van der Waals surface area contributed by atoms with Crippen LogP contribution in [0.15, 0.2) is 0 Å². The van der Waals surface area contributed by atoms with Gasteiger partial charge in [-0.2, -0.15) is 8.78 Å². The lowest BCUT2D eigenvalue weighted by atomic mass is 9.75. The number of esters is 1. The lowest BCUT2D eigenvalue weighted by molar-refractivity contribution is -0.163. The molecule has 0 aromatic heterocycles. The van der Waals surface area contributed by atoms with E-state index in [0.717, 1.165) is 19.3 Å². The number of carbonyl (C=O) groups excluding carboxylic acids is 1. The number of primary sulfonamides is 1. The summed E-state index contributed by atoms with van der Waals surface area (Å²) in [6.45, 7) is -1.49. The smallest absolute Gasteiger partial charge is 0.391 e. The van der Waals surface area contributed by atoms with Gasteiger partial charge in [-0.05, 0) is 49.9 Å². The zero-order chi connectivity index (χ0) is 14.8. The van der Waals surface area contributed by atoms with Crippen LogP contribution in [0.4, 0.5) is 8.78 Å². The molecule has 0 radical (unpaired) electrons. The van der Waals surface area contributed by atoms with Crippen molar-refractivity contribution in [2.75, 3.05) is 6.61 Å². The van der Waals surface area contributed by atoms with E-state index in [1.807, 2.05) is 0 Å². The second-order valence-corrected chi connectivity index (χ2v) is 8.15. The molecule has 4 fully saturated rings. The van der Waals surface area contributed by atoms with Gasteiger partial charge in [0, 0.05) is 0 Å². The number of hydrogen-bond donors (Lipinski definition) is 1. The Labute approximate surface area is 115 Å². The van der Waals surface area contributed by atoms with E-state index in [4.69, 9.17) is 0 Å². The number of rotatable bonds is 4. The third-order valence-electron chi connectivity index (χ3n) is 5.18. The minimum Gasteiger partial charge on any atom is -0.458 e. The molecule has 5 nitrogen and oxygen atoms in total. The molecule has 0 aliphatic heterocycles. The Balaban J connectivity index is 1.69. The van der Waals surface area contributed by atoms with E-state index >= 15 is 0 Å². The minimum atomic E-state index is -5.06. The molecule has 0 amide bonds. The molecule has 4 aliphatic rings. The fraction of sp³-hybridized carbons (Fsp3) is 0.917. The van der Waals surface area contributed by atoms with Crippen LogP contribution in [0.3, 0.4) is 0 Å². The van der Waals surface area contributed by atoms with E-state index in [1.54, 1.807) is 0 Å². The summed E-state index contributed by atoms with van der Waals surface area (Å²) in [4.78, 5) is 12.2. The highest BCUT2D eigenvalue weighted by Gasteiger charge is 2.62. The summed E-state index contributed by atoms with van der Waals surface area (Å²) in [5.74, 6) is 0.509. The Morgan fingerprint density at radius 3 is 2.30 bits per heavy atom. The van der Waals surface area contributed by atoms with Crippen LogP contribution < -0.4 is 5.14 Å². The molecule has 2 atom stereocenters. The van der Waals surface area contributed by atoms with Gasteiger partial charge in [0.25, 0.3) is 10.0 Å². The third kappa shape index (κ3) is 1.95. The number of ether oxygens (including phenoxy) is 1. The van der Waals surface area contributed by atoms with Crippen LogP contribution in [-0.2, 0) is 19.6 Å². The molecule has 0 spiro atoms. The van der Waals surface area contributed by atoms with Gasteiger partial charge in [0.15, 0.2) is 6.61 Å². The summed E-state index contributed by atoms with van der Waals surface area (Å²) >= 11 is 0. The van der Waals surface area contributed by atoms with Gasteiger partial charge in [-0.1, -0.05) is 0 Å². The first kappa shape index (κ1) is 14.2. The molecular weight excluding hydrogens is 292 g/mol. The van der Waals surface area contributed by atoms with Crippen LogP contribution in [0.25, 0.3) is 0 Å². The number of alkyl halides is 2. The molecule has 114 valence electrons. The first-order valence-corrected chi connectivity index (χ1v) is 8.26. The van der Waals surface area contributed by atoms with Gasteiger partial charge >= 0.3 is 11.2 Å². The Morgan fingerprint density at radius 1 is 1.25 bits per heavy atom. The normalized spacial score (nSPS) is 39.2. The van der Waals surface area contributed by atoms with Crippen molar-refractivity contribution in [2.45, 2.75) is 37.4 Å². The Morgan fingerprint density at radius 2 is 1.80 bits per heavy atom. The molecule has 4 bridgehead atoms. The quantitative estimate of drug-likeness (QED) is 0.792. The number of sulfonamides is 1. The average Bonchev–Trinajstić information content (AvgIpc) is 2.71. The van der Waals surface area contributed by atoms with Crippen molar-refractivity contribution in [3.05, 3.63) is 0 Å². The topological polar surface area (TPSA) is 86.5 Å². The van der Waals surface area contributed by atoms with Crippen LogP contribution in [0.2, 0.25) is 0 Å². The molecule has 0 aromatic rings. The van der Waals surface area contributed by atoms with Crippen LogP contribution in [0.5, 0.6) is 0 Å². The fourth-order valence-corrected chi connectivity index (χ4v) is 4.73. The molecular formula is C12H17F2NO4S. The highest BCUT2D eigenvalue weighted by atomic mass is 32.2. The van der Waals surface area contributed by atoms with Crippen molar-refractivity contribution in [3.63, 3.8) is 0 Å². The maximum atomic E-state index is 13.2. The van der Waals surface area contributed by atoms with Gasteiger partial charge in [-0.25, -0.2) is 13.6 Å².